The third-order valence-corrected chi connectivity index (χ3v) is 9.92. The summed E-state index contributed by atoms with van der Waals surface area (Å²) in [6.45, 7) is 4.09. The summed E-state index contributed by atoms with van der Waals surface area (Å²) in [6.07, 6.45) is 25.3. The summed E-state index contributed by atoms with van der Waals surface area (Å²) in [6, 6.07) is 0. The largest absolute Gasteiger partial charge is 0.455 e. The molecule has 0 unspecified atom stereocenters. The molecule has 0 aromatic carbocycles. The number of Topliss-reactive ketones (excluding diaryl/α,β-unsaturated/α-hetero) is 1. The lowest BCUT2D eigenvalue weighted by atomic mass is 10.00. The van der Waals surface area contributed by atoms with Crippen LogP contribution in [0.5, 0.6) is 0 Å². The average Bonchev–Trinajstić information content (AvgIpc) is 3.76. The van der Waals surface area contributed by atoms with E-state index in [2.05, 4.69) is 6.92 Å². The van der Waals surface area contributed by atoms with Gasteiger partial charge >= 0.3 is 5.97 Å². The minimum absolute atomic E-state index is 0.0434. The van der Waals surface area contributed by atoms with Crippen LogP contribution in [0.1, 0.15) is 168 Å². The molecule has 0 bridgehead atoms. The van der Waals surface area contributed by atoms with Crippen LogP contribution in [0.3, 0.4) is 0 Å². The maximum Gasteiger partial charge on any atom is 0.334 e. The highest BCUT2D eigenvalue weighted by Gasteiger charge is 2.40. The van der Waals surface area contributed by atoms with Crippen LogP contribution in [0.25, 0.3) is 0 Å². The van der Waals surface area contributed by atoms with Crippen LogP contribution >= 0.6 is 0 Å². The minimum Gasteiger partial charge on any atom is -0.455 e. The van der Waals surface area contributed by atoms with Crippen LogP contribution in [0.2, 0.25) is 0 Å². The zero-order chi connectivity index (χ0) is 31.6. The van der Waals surface area contributed by atoms with E-state index in [0.717, 1.165) is 89.9 Å². The molecule has 3 rings (SSSR count). The Balaban J connectivity index is 1.13. The first-order valence-corrected chi connectivity index (χ1v) is 18.5. The van der Waals surface area contributed by atoms with E-state index in [9.17, 15) is 19.8 Å². The molecule has 0 spiro atoms. The molecule has 254 valence electrons. The van der Waals surface area contributed by atoms with E-state index in [-0.39, 0.29) is 48.4 Å². The van der Waals surface area contributed by atoms with Gasteiger partial charge in [-0.3, -0.25) is 4.79 Å². The van der Waals surface area contributed by atoms with Crippen LogP contribution in [-0.4, -0.2) is 64.7 Å². The van der Waals surface area contributed by atoms with Gasteiger partial charge in [-0.2, -0.15) is 0 Å². The Morgan fingerprint density at radius 2 is 1.20 bits per heavy atom. The van der Waals surface area contributed by atoms with Gasteiger partial charge in [-0.15, -0.1) is 0 Å². The highest BCUT2D eigenvalue weighted by Crippen LogP contribution is 2.34. The molecule has 2 saturated heterocycles. The molecule has 0 saturated carbocycles. The molecule has 3 heterocycles. The van der Waals surface area contributed by atoms with Crippen molar-refractivity contribution >= 4 is 11.8 Å². The van der Waals surface area contributed by atoms with Gasteiger partial charge in [0.25, 0.3) is 0 Å². The van der Waals surface area contributed by atoms with Crippen molar-refractivity contribution < 1.29 is 34.0 Å². The Hall–Kier alpha value is -1.28. The van der Waals surface area contributed by atoms with Crippen LogP contribution < -0.4 is 0 Å². The van der Waals surface area contributed by atoms with Crippen molar-refractivity contribution in [3.05, 3.63) is 11.6 Å². The second-order valence-electron chi connectivity index (χ2n) is 13.8. The molecule has 7 atom stereocenters. The third kappa shape index (κ3) is 14.0. The summed E-state index contributed by atoms with van der Waals surface area (Å²) < 4.78 is 17.6. The maximum absolute atomic E-state index is 12.1. The van der Waals surface area contributed by atoms with E-state index < -0.39 is 6.10 Å². The van der Waals surface area contributed by atoms with Gasteiger partial charge in [-0.25, -0.2) is 4.79 Å². The van der Waals surface area contributed by atoms with Crippen LogP contribution in [0.15, 0.2) is 11.6 Å². The molecule has 0 amide bonds. The number of carbonyl (C=O) groups excluding carboxylic acids is 2. The second kappa shape index (κ2) is 21.5. The molecular formula is C37H64O7. The molecule has 0 aliphatic carbocycles. The number of aliphatic hydroxyl groups is 2. The first-order valence-electron chi connectivity index (χ1n) is 18.5. The summed E-state index contributed by atoms with van der Waals surface area (Å²) in [5, 5.41) is 21.4. The SMILES string of the molecule is CCCCCCCCCC[C@H](O)[C@@H]1CC[C@H]([C@H]2CC[C@@H]([C@H](O)CCCCCCCCCC(=O)CCC3=C[C@H](C)OC3=O)O2)O1. The lowest BCUT2D eigenvalue weighted by Gasteiger charge is -2.24. The molecule has 7 heteroatoms. The maximum atomic E-state index is 12.1. The number of esters is 1. The predicted octanol–water partition coefficient (Wildman–Crippen LogP) is 8.07. The van der Waals surface area contributed by atoms with E-state index in [0.29, 0.717) is 24.8 Å². The Labute approximate surface area is 267 Å². The number of hydrogen-bond acceptors (Lipinski definition) is 7. The number of unbranched alkanes of at least 4 members (excludes halogenated alkanes) is 13. The standard InChI is InChI=1S/C37H64O7/c1-3-4-5-6-7-10-13-16-19-31(39)33-23-25-35(43-33)36-26-24-34(44-36)32(40)20-17-14-11-8-9-12-15-18-30(38)22-21-29-27-28(2)42-37(29)41/h27-28,31-36,39-40H,3-26H2,1-2H3/t28-,31-,32+,33-,34-,35+,36+/m0/s1. The van der Waals surface area contributed by atoms with Gasteiger partial charge in [-0.1, -0.05) is 96.8 Å². The molecule has 0 radical (unpaired) electrons. The average molecular weight is 621 g/mol. The van der Waals surface area contributed by atoms with Crippen LogP contribution in [-0.2, 0) is 23.8 Å². The van der Waals surface area contributed by atoms with E-state index >= 15 is 0 Å². The van der Waals surface area contributed by atoms with Crippen molar-refractivity contribution in [2.45, 2.75) is 211 Å². The fraction of sp³-hybridized carbons (Fsp3) is 0.892. The number of rotatable bonds is 25. The van der Waals surface area contributed by atoms with Crippen molar-refractivity contribution in [2.24, 2.45) is 0 Å². The summed E-state index contributed by atoms with van der Waals surface area (Å²) in [5.41, 5.74) is 0.645. The first-order chi connectivity index (χ1) is 21.4. The van der Waals surface area contributed by atoms with Gasteiger partial charge < -0.3 is 24.4 Å². The zero-order valence-electron chi connectivity index (χ0n) is 28.0. The topological polar surface area (TPSA) is 102 Å². The zero-order valence-corrected chi connectivity index (χ0v) is 28.0. The summed E-state index contributed by atoms with van der Waals surface area (Å²) in [5.74, 6) is -0.0414. The van der Waals surface area contributed by atoms with Crippen molar-refractivity contribution in [1.29, 1.82) is 0 Å². The molecule has 3 aliphatic heterocycles. The van der Waals surface area contributed by atoms with Crippen molar-refractivity contribution in [2.75, 3.05) is 0 Å². The molecule has 7 nitrogen and oxygen atoms in total. The van der Waals surface area contributed by atoms with Crippen LogP contribution in [0, 0.1) is 0 Å². The number of cyclic esters (lactones) is 1. The summed E-state index contributed by atoms with van der Waals surface area (Å²) in [7, 11) is 0. The number of ether oxygens (including phenoxy) is 3. The number of hydrogen-bond donors (Lipinski definition) is 2. The van der Waals surface area contributed by atoms with E-state index in [4.69, 9.17) is 14.2 Å². The Kier molecular flexibility index (Phi) is 18.2. The van der Waals surface area contributed by atoms with E-state index in [1.165, 1.54) is 44.9 Å². The molecular weight excluding hydrogens is 556 g/mol. The summed E-state index contributed by atoms with van der Waals surface area (Å²) >= 11 is 0. The molecule has 0 aromatic heterocycles. The minimum atomic E-state index is -0.416. The summed E-state index contributed by atoms with van der Waals surface area (Å²) in [4.78, 5) is 23.7. The van der Waals surface area contributed by atoms with Gasteiger partial charge in [0.05, 0.1) is 36.6 Å². The second-order valence-corrected chi connectivity index (χ2v) is 13.8. The number of carbonyl (C=O) groups is 2. The lowest BCUT2D eigenvalue weighted by molar-refractivity contribution is -0.139. The lowest BCUT2D eigenvalue weighted by Crippen LogP contribution is -2.33. The fourth-order valence-corrected chi connectivity index (χ4v) is 7.12. The first kappa shape index (κ1) is 37.2. The highest BCUT2D eigenvalue weighted by atomic mass is 16.6. The highest BCUT2D eigenvalue weighted by molar-refractivity contribution is 5.91. The number of aliphatic hydroxyl groups excluding tert-OH is 2. The monoisotopic (exact) mass is 620 g/mol. The fourth-order valence-electron chi connectivity index (χ4n) is 7.12. The number of ketones is 1. The normalized spacial score (nSPS) is 26.6. The van der Waals surface area contributed by atoms with Crippen molar-refractivity contribution in [1.82, 2.24) is 0 Å². The van der Waals surface area contributed by atoms with Gasteiger partial charge in [0.2, 0.25) is 0 Å². The Bertz CT molecular complexity index is 842. The van der Waals surface area contributed by atoms with Crippen molar-refractivity contribution in [3.63, 3.8) is 0 Å². The molecule has 0 aromatic rings. The van der Waals surface area contributed by atoms with E-state index in [1.807, 2.05) is 13.0 Å². The molecule has 3 aliphatic rings. The third-order valence-electron chi connectivity index (χ3n) is 9.92. The van der Waals surface area contributed by atoms with Gasteiger partial charge in [0.1, 0.15) is 11.9 Å². The van der Waals surface area contributed by atoms with Gasteiger partial charge in [0, 0.05) is 18.4 Å². The van der Waals surface area contributed by atoms with Crippen LogP contribution in [0.4, 0.5) is 0 Å². The predicted molar refractivity (Wildman–Crippen MR) is 174 cm³/mol. The van der Waals surface area contributed by atoms with Gasteiger partial charge in [-0.05, 0) is 64.4 Å². The smallest absolute Gasteiger partial charge is 0.334 e. The molecule has 44 heavy (non-hydrogen) atoms. The quantitative estimate of drug-likeness (QED) is 0.0786. The van der Waals surface area contributed by atoms with Gasteiger partial charge in [0.15, 0.2) is 0 Å². The molecule has 2 fully saturated rings. The van der Waals surface area contributed by atoms with Crippen molar-refractivity contribution in [3.8, 4) is 0 Å². The molecule has 2 N–H and O–H groups in total. The Morgan fingerprint density at radius 3 is 1.68 bits per heavy atom. The van der Waals surface area contributed by atoms with E-state index in [1.54, 1.807) is 0 Å². The Morgan fingerprint density at radius 1 is 0.727 bits per heavy atom.